The molecule has 2 aromatic carbocycles. The van der Waals surface area contributed by atoms with E-state index in [0.29, 0.717) is 11.9 Å². The summed E-state index contributed by atoms with van der Waals surface area (Å²) in [6.45, 7) is 0.331. The van der Waals surface area contributed by atoms with Crippen LogP contribution in [0.2, 0.25) is 0 Å². The van der Waals surface area contributed by atoms with Gasteiger partial charge in [0.25, 0.3) is 10.1 Å². The van der Waals surface area contributed by atoms with Crippen LogP contribution in [0.4, 0.5) is 5.69 Å². The molecule has 0 radical (unpaired) electrons. The number of aliphatic hydroxyl groups excluding tert-OH is 1. The second-order valence-electron chi connectivity index (χ2n) is 4.39. The summed E-state index contributed by atoms with van der Waals surface area (Å²) in [5, 5.41) is 13.9. The van der Waals surface area contributed by atoms with Crippen molar-refractivity contribution in [1.29, 1.82) is 0 Å². The summed E-state index contributed by atoms with van der Waals surface area (Å²) in [4.78, 5) is -0.136. The van der Waals surface area contributed by atoms with Crippen molar-refractivity contribution in [1.82, 2.24) is 0 Å². The lowest BCUT2D eigenvalue weighted by Crippen LogP contribution is -2.20. The van der Waals surface area contributed by atoms with Crippen molar-refractivity contribution < 1.29 is 18.1 Å². The molecule has 2 aromatic rings. The molecule has 3 N–H and O–H groups in total. The smallest absolute Gasteiger partial charge is 0.294 e. The first-order valence-electron chi connectivity index (χ1n) is 5.89. The minimum atomic E-state index is -4.19. The van der Waals surface area contributed by atoms with Gasteiger partial charge in [-0.1, -0.05) is 12.1 Å². The lowest BCUT2D eigenvalue weighted by atomic mass is 10.1. The van der Waals surface area contributed by atoms with Crippen molar-refractivity contribution in [2.75, 3.05) is 17.7 Å². The van der Waals surface area contributed by atoms with Gasteiger partial charge in [-0.2, -0.15) is 8.42 Å². The Morgan fingerprint density at radius 1 is 1.15 bits per heavy atom. The maximum Gasteiger partial charge on any atom is 0.294 e. The molecule has 0 fully saturated rings. The largest absolute Gasteiger partial charge is 0.390 e. The van der Waals surface area contributed by atoms with Crippen molar-refractivity contribution in [3.05, 3.63) is 36.4 Å². The Morgan fingerprint density at radius 3 is 2.45 bits per heavy atom. The third-order valence-electron chi connectivity index (χ3n) is 2.83. The van der Waals surface area contributed by atoms with Gasteiger partial charge in [0.05, 0.1) is 16.9 Å². The molecule has 0 spiro atoms. The molecule has 0 saturated carbocycles. The zero-order valence-corrected chi connectivity index (χ0v) is 12.0. The minimum Gasteiger partial charge on any atom is -0.390 e. The predicted molar refractivity (Wildman–Crippen MR) is 79.0 cm³/mol. The number of hydrogen-bond acceptors (Lipinski definition) is 4. The van der Waals surface area contributed by atoms with E-state index in [1.165, 1.54) is 12.1 Å². The topological polar surface area (TPSA) is 86.6 Å². The Morgan fingerprint density at radius 2 is 1.80 bits per heavy atom. The van der Waals surface area contributed by atoms with E-state index in [4.69, 9.17) is 16.2 Å². The number of nitrogens with one attached hydrogen (secondary N) is 1. The fraction of sp³-hybridized carbons (Fsp3) is 0.231. The number of hydrogen-bond donors (Lipinski definition) is 3. The molecule has 0 aromatic heterocycles. The highest BCUT2D eigenvalue weighted by Gasteiger charge is 2.10. The molecular weight excluding hydrogens is 302 g/mol. The van der Waals surface area contributed by atoms with Gasteiger partial charge in [0.1, 0.15) is 0 Å². The van der Waals surface area contributed by atoms with Gasteiger partial charge in [-0.05, 0) is 35.0 Å². The van der Waals surface area contributed by atoms with Gasteiger partial charge in [0.15, 0.2) is 0 Å². The number of rotatable bonds is 5. The van der Waals surface area contributed by atoms with Gasteiger partial charge in [0.2, 0.25) is 0 Å². The lowest BCUT2D eigenvalue weighted by Gasteiger charge is -2.11. The third-order valence-corrected chi connectivity index (χ3v) is 4.04. The SMILES string of the molecule is O=S(=O)(O)c1ccc2cc(NCC(O)CCl)ccc2c1. The van der Waals surface area contributed by atoms with E-state index in [2.05, 4.69) is 5.32 Å². The molecule has 0 aliphatic heterocycles. The maximum atomic E-state index is 11.1. The van der Waals surface area contributed by atoms with Crippen LogP contribution in [0, 0.1) is 0 Å². The minimum absolute atomic E-state index is 0.136. The van der Waals surface area contributed by atoms with E-state index in [1.54, 1.807) is 18.2 Å². The second-order valence-corrected chi connectivity index (χ2v) is 6.12. The molecule has 2 rings (SSSR count). The Hall–Kier alpha value is -1.34. The fourth-order valence-electron chi connectivity index (χ4n) is 1.78. The van der Waals surface area contributed by atoms with Crippen LogP contribution in [-0.4, -0.2) is 36.6 Å². The molecule has 0 aliphatic rings. The van der Waals surface area contributed by atoms with Crippen molar-refractivity contribution in [2.24, 2.45) is 0 Å². The molecule has 0 heterocycles. The summed E-state index contributed by atoms with van der Waals surface area (Å²) in [5.74, 6) is 0.151. The van der Waals surface area contributed by atoms with Crippen LogP contribution in [0.25, 0.3) is 10.8 Å². The van der Waals surface area contributed by atoms with Crippen LogP contribution in [0.3, 0.4) is 0 Å². The van der Waals surface area contributed by atoms with Gasteiger partial charge in [-0.25, -0.2) is 0 Å². The van der Waals surface area contributed by atoms with Crippen molar-refractivity contribution in [3.63, 3.8) is 0 Å². The first-order chi connectivity index (χ1) is 9.40. The highest BCUT2D eigenvalue weighted by atomic mass is 35.5. The predicted octanol–water partition coefficient (Wildman–Crippen LogP) is 2.10. The molecule has 0 saturated heterocycles. The fourth-order valence-corrected chi connectivity index (χ4v) is 2.41. The van der Waals surface area contributed by atoms with Gasteiger partial charge in [0, 0.05) is 12.2 Å². The molecule has 20 heavy (non-hydrogen) atoms. The van der Waals surface area contributed by atoms with Crippen LogP contribution in [-0.2, 0) is 10.1 Å². The Balaban J connectivity index is 2.27. The van der Waals surface area contributed by atoms with Gasteiger partial charge >= 0.3 is 0 Å². The number of anilines is 1. The van der Waals surface area contributed by atoms with Gasteiger partial charge < -0.3 is 10.4 Å². The second kappa shape index (κ2) is 5.97. The van der Waals surface area contributed by atoms with E-state index in [0.717, 1.165) is 11.1 Å². The normalized spacial score (nSPS) is 13.3. The van der Waals surface area contributed by atoms with Crippen molar-refractivity contribution in [3.8, 4) is 0 Å². The summed E-state index contributed by atoms with van der Waals surface area (Å²) in [6.07, 6.45) is -0.630. The highest BCUT2D eigenvalue weighted by molar-refractivity contribution is 7.85. The molecule has 108 valence electrons. The van der Waals surface area contributed by atoms with Crippen LogP contribution < -0.4 is 5.32 Å². The first-order valence-corrected chi connectivity index (χ1v) is 7.87. The van der Waals surface area contributed by atoms with Crippen LogP contribution in [0.5, 0.6) is 0 Å². The molecule has 5 nitrogen and oxygen atoms in total. The molecule has 0 aliphatic carbocycles. The number of fused-ring (bicyclic) bond motifs is 1. The summed E-state index contributed by atoms with van der Waals surface area (Å²) < 4.78 is 31.1. The average Bonchev–Trinajstić information content (AvgIpc) is 2.42. The third kappa shape index (κ3) is 3.61. The van der Waals surface area contributed by atoms with Crippen LogP contribution in [0.1, 0.15) is 0 Å². The lowest BCUT2D eigenvalue weighted by molar-refractivity contribution is 0.211. The number of aliphatic hydroxyl groups is 1. The number of alkyl halides is 1. The monoisotopic (exact) mass is 315 g/mol. The van der Waals surface area contributed by atoms with Crippen molar-refractivity contribution >= 4 is 38.2 Å². The zero-order valence-electron chi connectivity index (χ0n) is 10.5. The summed E-state index contributed by atoms with van der Waals surface area (Å²) in [5.41, 5.74) is 0.793. The van der Waals surface area contributed by atoms with E-state index < -0.39 is 16.2 Å². The van der Waals surface area contributed by atoms with Gasteiger partial charge in [-0.3, -0.25) is 4.55 Å². The number of halogens is 1. The summed E-state index contributed by atoms with van der Waals surface area (Å²) in [7, 11) is -4.19. The van der Waals surface area contributed by atoms with E-state index in [9.17, 15) is 13.5 Å². The number of benzene rings is 2. The van der Waals surface area contributed by atoms with Crippen molar-refractivity contribution in [2.45, 2.75) is 11.0 Å². The molecule has 0 amide bonds. The first kappa shape index (κ1) is 15.1. The van der Waals surface area contributed by atoms with E-state index >= 15 is 0 Å². The Labute approximate surface area is 121 Å². The van der Waals surface area contributed by atoms with E-state index in [-0.39, 0.29) is 10.8 Å². The molecular formula is C13H14ClNO4S. The maximum absolute atomic E-state index is 11.1. The van der Waals surface area contributed by atoms with Crippen LogP contribution >= 0.6 is 11.6 Å². The molecule has 1 unspecified atom stereocenters. The van der Waals surface area contributed by atoms with E-state index in [1.807, 2.05) is 6.07 Å². The van der Waals surface area contributed by atoms with Gasteiger partial charge in [-0.15, -0.1) is 11.6 Å². The average molecular weight is 316 g/mol. The van der Waals surface area contributed by atoms with Crippen LogP contribution in [0.15, 0.2) is 41.3 Å². The summed E-state index contributed by atoms with van der Waals surface area (Å²) >= 11 is 5.50. The Kier molecular flexibility index (Phi) is 4.49. The quantitative estimate of drug-likeness (QED) is 0.581. The zero-order chi connectivity index (χ0) is 14.8. The molecule has 0 bridgehead atoms. The highest BCUT2D eigenvalue weighted by Crippen LogP contribution is 2.22. The summed E-state index contributed by atoms with van der Waals surface area (Å²) in [6, 6.07) is 9.68. The Bertz CT molecular complexity index is 717. The molecule has 1 atom stereocenters. The standard InChI is InChI=1S/C13H14ClNO4S/c14-7-12(16)8-15-11-3-1-10-6-13(20(17,18)19)4-2-9(10)5-11/h1-6,12,15-16H,7-8H2,(H,17,18,19). The molecule has 7 heteroatoms.